The number of hydrogen-bond donors (Lipinski definition) is 1. The first kappa shape index (κ1) is 15.9. The summed E-state index contributed by atoms with van der Waals surface area (Å²) < 4.78 is 1.02. The van der Waals surface area contributed by atoms with Gasteiger partial charge in [-0.05, 0) is 23.1 Å². The molecule has 1 aliphatic heterocycles. The van der Waals surface area contributed by atoms with Crippen molar-refractivity contribution < 1.29 is 4.79 Å². The van der Waals surface area contributed by atoms with E-state index in [-0.39, 0.29) is 11.5 Å². The minimum Gasteiger partial charge on any atom is -0.368 e. The SMILES string of the molecule is C=C(c1ccc2c(c1)[nH]c(=O)c1ccsc12)N1CCN(C(C)=O)CC1. The molecule has 3 heterocycles. The Labute approximate surface area is 149 Å². The first-order valence-electron chi connectivity index (χ1n) is 8.27. The Balaban J connectivity index is 1.65. The molecule has 1 aliphatic rings. The fraction of sp³-hybridized carbons (Fsp3) is 0.263. The predicted octanol–water partition coefficient (Wildman–Crippen LogP) is 2.88. The Bertz CT molecular complexity index is 1040. The third-order valence-electron chi connectivity index (χ3n) is 4.86. The van der Waals surface area contributed by atoms with Crippen molar-refractivity contribution in [2.45, 2.75) is 6.92 Å². The smallest absolute Gasteiger partial charge is 0.257 e. The van der Waals surface area contributed by atoms with E-state index in [0.29, 0.717) is 13.1 Å². The van der Waals surface area contributed by atoms with Crippen molar-refractivity contribution in [2.24, 2.45) is 0 Å². The summed E-state index contributed by atoms with van der Waals surface area (Å²) in [6, 6.07) is 7.96. The van der Waals surface area contributed by atoms with Crippen LogP contribution in [0.3, 0.4) is 0 Å². The number of amides is 1. The number of benzene rings is 1. The van der Waals surface area contributed by atoms with Crippen LogP contribution >= 0.6 is 11.3 Å². The molecule has 0 atom stereocenters. The van der Waals surface area contributed by atoms with Crippen LogP contribution in [0.4, 0.5) is 0 Å². The van der Waals surface area contributed by atoms with Crippen LogP contribution in [0.1, 0.15) is 12.5 Å². The number of nitrogens with zero attached hydrogens (tertiary/aromatic N) is 2. The Morgan fingerprint density at radius 1 is 1.12 bits per heavy atom. The average molecular weight is 353 g/mol. The number of rotatable bonds is 2. The number of piperazine rings is 1. The topological polar surface area (TPSA) is 56.4 Å². The number of aromatic amines is 1. The highest BCUT2D eigenvalue weighted by molar-refractivity contribution is 7.18. The molecule has 1 amide bonds. The fourth-order valence-corrected chi connectivity index (χ4v) is 4.32. The molecule has 3 aromatic rings. The molecule has 0 spiro atoms. The molecule has 4 rings (SSSR count). The second-order valence-corrected chi connectivity index (χ2v) is 7.23. The lowest BCUT2D eigenvalue weighted by Crippen LogP contribution is -2.47. The molecule has 25 heavy (non-hydrogen) atoms. The molecule has 0 bridgehead atoms. The molecule has 0 unspecified atom stereocenters. The highest BCUT2D eigenvalue weighted by Gasteiger charge is 2.20. The summed E-state index contributed by atoms with van der Waals surface area (Å²) in [6.45, 7) is 8.82. The first-order valence-corrected chi connectivity index (χ1v) is 9.15. The molecule has 1 N–H and O–H groups in total. The van der Waals surface area contributed by atoms with E-state index >= 15 is 0 Å². The van der Waals surface area contributed by atoms with E-state index in [4.69, 9.17) is 0 Å². The van der Waals surface area contributed by atoms with Gasteiger partial charge < -0.3 is 14.8 Å². The van der Waals surface area contributed by atoms with Gasteiger partial charge in [0, 0.05) is 48.9 Å². The van der Waals surface area contributed by atoms with Crippen LogP contribution < -0.4 is 5.56 Å². The molecule has 128 valence electrons. The van der Waals surface area contributed by atoms with Crippen LogP contribution in [0, 0.1) is 0 Å². The Morgan fingerprint density at radius 2 is 1.84 bits per heavy atom. The predicted molar refractivity (Wildman–Crippen MR) is 103 cm³/mol. The molecular weight excluding hydrogens is 334 g/mol. The monoisotopic (exact) mass is 353 g/mol. The van der Waals surface area contributed by atoms with Gasteiger partial charge in [0.25, 0.3) is 5.56 Å². The van der Waals surface area contributed by atoms with Gasteiger partial charge in [-0.2, -0.15) is 0 Å². The second kappa shape index (κ2) is 6.04. The van der Waals surface area contributed by atoms with Crippen molar-refractivity contribution in [3.63, 3.8) is 0 Å². The molecule has 6 heteroatoms. The molecule has 0 saturated carbocycles. The van der Waals surface area contributed by atoms with E-state index in [1.807, 2.05) is 22.4 Å². The van der Waals surface area contributed by atoms with Crippen molar-refractivity contribution in [3.05, 3.63) is 52.1 Å². The van der Waals surface area contributed by atoms with Crippen molar-refractivity contribution in [1.29, 1.82) is 0 Å². The summed E-state index contributed by atoms with van der Waals surface area (Å²) in [5.74, 6) is 0.119. The number of thiophene rings is 1. The third-order valence-corrected chi connectivity index (χ3v) is 5.81. The number of carbonyl (C=O) groups excluding carboxylic acids is 1. The molecular formula is C19H19N3O2S. The molecule has 0 radical (unpaired) electrons. The van der Waals surface area contributed by atoms with Crippen molar-refractivity contribution >= 4 is 43.9 Å². The minimum absolute atomic E-state index is 0.0541. The number of H-pyrrole nitrogens is 1. The Kier molecular flexibility index (Phi) is 3.84. The van der Waals surface area contributed by atoms with Gasteiger partial charge in [0.1, 0.15) is 0 Å². The van der Waals surface area contributed by atoms with Gasteiger partial charge in [0.15, 0.2) is 0 Å². The Hall–Kier alpha value is -2.60. The van der Waals surface area contributed by atoms with E-state index in [1.165, 1.54) is 0 Å². The van der Waals surface area contributed by atoms with Crippen LogP contribution in [0.5, 0.6) is 0 Å². The number of pyridine rings is 1. The van der Waals surface area contributed by atoms with Gasteiger partial charge in [0.2, 0.25) is 5.91 Å². The maximum atomic E-state index is 12.2. The fourth-order valence-electron chi connectivity index (χ4n) is 3.39. The molecule has 1 aromatic carbocycles. The number of nitrogens with one attached hydrogen (secondary N) is 1. The maximum absolute atomic E-state index is 12.2. The van der Waals surface area contributed by atoms with Gasteiger partial charge >= 0.3 is 0 Å². The van der Waals surface area contributed by atoms with Crippen LogP contribution in [-0.4, -0.2) is 46.9 Å². The Morgan fingerprint density at radius 3 is 2.56 bits per heavy atom. The van der Waals surface area contributed by atoms with Crippen LogP contribution in [0.15, 0.2) is 41.0 Å². The summed E-state index contributed by atoms with van der Waals surface area (Å²) in [4.78, 5) is 30.7. The molecule has 1 saturated heterocycles. The summed E-state index contributed by atoms with van der Waals surface area (Å²) in [6.07, 6.45) is 0. The van der Waals surface area contributed by atoms with Crippen LogP contribution in [0.25, 0.3) is 26.7 Å². The average Bonchev–Trinajstić information content (AvgIpc) is 3.11. The summed E-state index contributed by atoms with van der Waals surface area (Å²) in [7, 11) is 0. The van der Waals surface area contributed by atoms with E-state index in [1.54, 1.807) is 18.3 Å². The molecule has 5 nitrogen and oxygen atoms in total. The zero-order valence-electron chi connectivity index (χ0n) is 14.0. The molecule has 1 fully saturated rings. The van der Waals surface area contributed by atoms with E-state index in [2.05, 4.69) is 28.6 Å². The number of hydrogen-bond acceptors (Lipinski definition) is 4. The van der Waals surface area contributed by atoms with Gasteiger partial charge in [-0.1, -0.05) is 18.7 Å². The molecule has 2 aromatic heterocycles. The van der Waals surface area contributed by atoms with Gasteiger partial charge in [-0.3, -0.25) is 9.59 Å². The largest absolute Gasteiger partial charge is 0.368 e. The number of carbonyl (C=O) groups is 1. The minimum atomic E-state index is -0.0541. The number of fused-ring (bicyclic) bond motifs is 3. The zero-order valence-corrected chi connectivity index (χ0v) is 14.9. The van der Waals surface area contributed by atoms with Gasteiger partial charge in [-0.25, -0.2) is 0 Å². The highest BCUT2D eigenvalue weighted by atomic mass is 32.1. The normalized spacial score (nSPS) is 15.1. The van der Waals surface area contributed by atoms with Crippen molar-refractivity contribution in [1.82, 2.24) is 14.8 Å². The highest BCUT2D eigenvalue weighted by Crippen LogP contribution is 2.29. The van der Waals surface area contributed by atoms with Gasteiger partial charge in [0.05, 0.1) is 10.9 Å². The quantitative estimate of drug-likeness (QED) is 0.771. The standard InChI is InChI=1S/C19H19N3O2S/c1-12(21-6-8-22(9-7-21)13(2)23)14-3-4-15-17(11-14)20-19(24)16-5-10-25-18(15)16/h3-5,10-11H,1,6-9H2,2H3,(H,20,24). The maximum Gasteiger partial charge on any atom is 0.257 e. The summed E-state index contributed by atoms with van der Waals surface area (Å²) in [5.41, 5.74) is 2.70. The van der Waals surface area contributed by atoms with E-state index < -0.39 is 0 Å². The zero-order chi connectivity index (χ0) is 17.6. The first-order chi connectivity index (χ1) is 12.0. The summed E-state index contributed by atoms with van der Waals surface area (Å²) in [5, 5.41) is 3.74. The molecule has 0 aliphatic carbocycles. The lowest BCUT2D eigenvalue weighted by molar-refractivity contribution is -0.130. The van der Waals surface area contributed by atoms with E-state index in [9.17, 15) is 9.59 Å². The second-order valence-electron chi connectivity index (χ2n) is 6.32. The summed E-state index contributed by atoms with van der Waals surface area (Å²) >= 11 is 1.59. The van der Waals surface area contributed by atoms with Crippen molar-refractivity contribution in [3.8, 4) is 0 Å². The third kappa shape index (κ3) is 2.72. The van der Waals surface area contributed by atoms with Crippen molar-refractivity contribution in [2.75, 3.05) is 26.2 Å². The van der Waals surface area contributed by atoms with E-state index in [0.717, 1.165) is 45.3 Å². The van der Waals surface area contributed by atoms with Crippen LogP contribution in [-0.2, 0) is 4.79 Å². The lowest BCUT2D eigenvalue weighted by atomic mass is 10.1. The lowest BCUT2D eigenvalue weighted by Gasteiger charge is -2.36. The van der Waals surface area contributed by atoms with Gasteiger partial charge in [-0.15, -0.1) is 11.3 Å². The number of aromatic nitrogens is 1. The van der Waals surface area contributed by atoms with Crippen LogP contribution in [0.2, 0.25) is 0 Å².